The van der Waals surface area contributed by atoms with E-state index in [1.54, 1.807) is 0 Å². The van der Waals surface area contributed by atoms with E-state index in [1.165, 1.54) is 0 Å². The minimum Gasteiger partial charge on any atom is -0.464 e. The summed E-state index contributed by atoms with van der Waals surface area (Å²) in [5.74, 6) is -2.20. The molecule has 0 aliphatic carbocycles. The van der Waals surface area contributed by atoms with Crippen molar-refractivity contribution < 1.29 is 22.7 Å². The number of carbonyl (C=O) groups excluding carboxylic acids is 1. The molecule has 82 valence electrons. The lowest BCUT2D eigenvalue weighted by atomic mass is 10.3. The van der Waals surface area contributed by atoms with Gasteiger partial charge in [-0.25, -0.2) is 22.9 Å². The van der Waals surface area contributed by atoms with Gasteiger partial charge >= 0.3 is 5.97 Å². The number of rotatable bonds is 2. The molecule has 7 heteroatoms. The Morgan fingerprint density at radius 3 is 2.67 bits per heavy atom. The molecule has 0 aliphatic rings. The van der Waals surface area contributed by atoms with Gasteiger partial charge in [0.15, 0.2) is 5.69 Å². The molecule has 0 unspecified atom stereocenters. The van der Waals surface area contributed by atoms with E-state index in [-0.39, 0.29) is 0 Å². The Kier molecular flexibility index (Phi) is 3.52. The third-order valence-corrected chi connectivity index (χ3v) is 1.89. The Labute approximate surface area is 87.8 Å². The average Bonchev–Trinajstić information content (AvgIpc) is 2.20. The van der Waals surface area contributed by atoms with Crippen LogP contribution < -0.4 is 0 Å². The molecule has 0 spiro atoms. The lowest BCUT2D eigenvalue weighted by Gasteiger charge is -2.05. The van der Waals surface area contributed by atoms with Gasteiger partial charge in [-0.15, -0.1) is 0 Å². The maximum absolute atomic E-state index is 13.0. The van der Waals surface area contributed by atoms with E-state index in [0.717, 1.165) is 7.11 Å². The van der Waals surface area contributed by atoms with E-state index >= 15 is 0 Å². The van der Waals surface area contributed by atoms with Crippen LogP contribution in [0.2, 0.25) is 5.02 Å². The highest BCUT2D eigenvalue weighted by Gasteiger charge is 2.21. The zero-order valence-corrected chi connectivity index (χ0v) is 8.19. The maximum atomic E-state index is 13.0. The van der Waals surface area contributed by atoms with Gasteiger partial charge in [0, 0.05) is 6.07 Å². The fraction of sp³-hybridized carbons (Fsp3) is 0.250. The number of ether oxygens (including phenoxy) is 1. The Hall–Kier alpha value is -1.30. The smallest absolute Gasteiger partial charge is 0.358 e. The summed E-state index contributed by atoms with van der Waals surface area (Å²) in [5, 5.41) is -0.633. The van der Waals surface area contributed by atoms with Gasteiger partial charge in [-0.3, -0.25) is 0 Å². The van der Waals surface area contributed by atoms with Crippen LogP contribution in [-0.2, 0) is 4.74 Å². The van der Waals surface area contributed by atoms with Gasteiger partial charge in [0.2, 0.25) is 0 Å². The summed E-state index contributed by atoms with van der Waals surface area (Å²) in [6, 6.07) is 0.472. The van der Waals surface area contributed by atoms with Crippen LogP contribution >= 0.6 is 11.6 Å². The molecule has 0 atom stereocenters. The molecule has 0 bridgehead atoms. The van der Waals surface area contributed by atoms with Crippen LogP contribution in [0.5, 0.6) is 0 Å². The summed E-state index contributed by atoms with van der Waals surface area (Å²) in [6.45, 7) is 0. The Morgan fingerprint density at radius 1 is 1.60 bits per heavy atom. The number of esters is 1. The highest BCUT2D eigenvalue weighted by Crippen LogP contribution is 2.24. The third-order valence-electron chi connectivity index (χ3n) is 1.54. The van der Waals surface area contributed by atoms with Crippen molar-refractivity contribution in [1.82, 2.24) is 4.98 Å². The Bertz CT molecular complexity index is 398. The fourth-order valence-corrected chi connectivity index (χ4v) is 1.03. The summed E-state index contributed by atoms with van der Waals surface area (Å²) in [4.78, 5) is 14.2. The summed E-state index contributed by atoms with van der Waals surface area (Å²) in [7, 11) is 1.01. The van der Waals surface area contributed by atoms with Gasteiger partial charge in [0.1, 0.15) is 16.5 Å². The number of hydrogen-bond donors (Lipinski definition) is 0. The molecule has 0 aliphatic heterocycles. The lowest BCUT2D eigenvalue weighted by Crippen LogP contribution is -2.09. The highest BCUT2D eigenvalue weighted by molar-refractivity contribution is 6.33. The van der Waals surface area contributed by atoms with Crippen molar-refractivity contribution in [3.63, 3.8) is 0 Å². The van der Waals surface area contributed by atoms with E-state index < -0.39 is 34.6 Å². The monoisotopic (exact) mass is 239 g/mol. The lowest BCUT2D eigenvalue weighted by molar-refractivity contribution is 0.0592. The van der Waals surface area contributed by atoms with Gasteiger partial charge in [-0.2, -0.15) is 0 Å². The summed E-state index contributed by atoms with van der Waals surface area (Å²) in [5.41, 5.74) is -1.52. The molecule has 0 fully saturated rings. The first-order chi connectivity index (χ1) is 6.97. The second-order valence-electron chi connectivity index (χ2n) is 2.48. The molecule has 1 rings (SSSR count). The number of pyridine rings is 1. The molecule has 0 aromatic carbocycles. The van der Waals surface area contributed by atoms with Crippen molar-refractivity contribution in [1.29, 1.82) is 0 Å². The van der Waals surface area contributed by atoms with Crippen molar-refractivity contribution in [3.05, 3.63) is 28.3 Å². The largest absolute Gasteiger partial charge is 0.464 e. The maximum Gasteiger partial charge on any atom is 0.358 e. The SMILES string of the molecule is COC(=O)c1nc(C(F)F)cc(F)c1Cl. The number of alkyl halides is 2. The molecule has 0 saturated heterocycles. The van der Waals surface area contributed by atoms with Gasteiger partial charge in [-0.05, 0) is 0 Å². The Morgan fingerprint density at radius 2 is 2.20 bits per heavy atom. The molecule has 15 heavy (non-hydrogen) atoms. The standard InChI is InChI=1S/C8H5ClF3NO2/c1-15-8(14)6-5(9)3(10)2-4(13-6)7(11)12/h2,7H,1H3. The summed E-state index contributed by atoms with van der Waals surface area (Å²) < 4.78 is 41.6. The number of aromatic nitrogens is 1. The molecule has 3 nitrogen and oxygen atoms in total. The zero-order chi connectivity index (χ0) is 11.6. The molecule has 0 amide bonds. The van der Waals surface area contributed by atoms with Crippen LogP contribution in [0, 0.1) is 5.82 Å². The van der Waals surface area contributed by atoms with E-state index in [9.17, 15) is 18.0 Å². The fourth-order valence-electron chi connectivity index (χ4n) is 0.860. The van der Waals surface area contributed by atoms with E-state index in [4.69, 9.17) is 11.6 Å². The molecule has 0 radical (unpaired) electrons. The topological polar surface area (TPSA) is 39.2 Å². The predicted molar refractivity (Wildman–Crippen MR) is 45.5 cm³/mol. The van der Waals surface area contributed by atoms with Gasteiger partial charge < -0.3 is 4.74 Å². The third kappa shape index (κ3) is 2.38. The number of methoxy groups -OCH3 is 1. The predicted octanol–water partition coefficient (Wildman–Crippen LogP) is 2.60. The van der Waals surface area contributed by atoms with E-state index in [2.05, 4.69) is 9.72 Å². The van der Waals surface area contributed by atoms with Crippen molar-refractivity contribution in [2.45, 2.75) is 6.43 Å². The number of carbonyl (C=O) groups is 1. The molecular weight excluding hydrogens is 235 g/mol. The zero-order valence-electron chi connectivity index (χ0n) is 7.43. The van der Waals surface area contributed by atoms with Crippen molar-refractivity contribution >= 4 is 17.6 Å². The van der Waals surface area contributed by atoms with Gasteiger partial charge in [0.25, 0.3) is 6.43 Å². The molecular formula is C8H5ClF3NO2. The Balaban J connectivity index is 3.31. The normalized spacial score (nSPS) is 10.5. The van der Waals surface area contributed by atoms with Crippen LogP contribution in [0.15, 0.2) is 6.07 Å². The first-order valence-corrected chi connectivity index (χ1v) is 4.07. The van der Waals surface area contributed by atoms with Crippen LogP contribution in [0.3, 0.4) is 0 Å². The van der Waals surface area contributed by atoms with Crippen molar-refractivity contribution in [2.24, 2.45) is 0 Å². The molecule has 1 aromatic rings. The second kappa shape index (κ2) is 4.48. The van der Waals surface area contributed by atoms with Gasteiger partial charge in [0.05, 0.1) is 7.11 Å². The first-order valence-electron chi connectivity index (χ1n) is 3.69. The minimum absolute atomic E-state index is 0.472. The summed E-state index contributed by atoms with van der Waals surface area (Å²) >= 11 is 5.36. The molecule has 0 N–H and O–H groups in total. The van der Waals surface area contributed by atoms with Crippen molar-refractivity contribution in [3.8, 4) is 0 Å². The first kappa shape index (κ1) is 11.8. The van der Waals surface area contributed by atoms with Crippen LogP contribution in [0.4, 0.5) is 13.2 Å². The van der Waals surface area contributed by atoms with Gasteiger partial charge in [-0.1, -0.05) is 11.6 Å². The van der Waals surface area contributed by atoms with E-state index in [0.29, 0.717) is 6.07 Å². The quantitative estimate of drug-likeness (QED) is 0.745. The molecule has 1 heterocycles. The molecule has 1 aromatic heterocycles. The van der Waals surface area contributed by atoms with E-state index in [1.807, 2.05) is 0 Å². The molecule has 0 saturated carbocycles. The highest BCUT2D eigenvalue weighted by atomic mass is 35.5. The number of hydrogen-bond acceptors (Lipinski definition) is 3. The number of nitrogens with zero attached hydrogens (tertiary/aromatic N) is 1. The van der Waals surface area contributed by atoms with Crippen LogP contribution in [-0.4, -0.2) is 18.1 Å². The van der Waals surface area contributed by atoms with Crippen molar-refractivity contribution in [2.75, 3.05) is 7.11 Å². The second-order valence-corrected chi connectivity index (χ2v) is 2.86. The summed E-state index contributed by atoms with van der Waals surface area (Å²) in [6.07, 6.45) is -2.99. The minimum atomic E-state index is -2.99. The van der Waals surface area contributed by atoms with Crippen LogP contribution in [0.1, 0.15) is 22.6 Å². The average molecular weight is 240 g/mol. The van der Waals surface area contributed by atoms with Crippen LogP contribution in [0.25, 0.3) is 0 Å². The number of halogens is 4.